The zero-order valence-corrected chi connectivity index (χ0v) is 23.5. The van der Waals surface area contributed by atoms with Crippen LogP contribution in [0.3, 0.4) is 0 Å². The predicted octanol–water partition coefficient (Wildman–Crippen LogP) is 2.76. The summed E-state index contributed by atoms with van der Waals surface area (Å²) >= 11 is 0. The largest absolute Gasteiger partial charge is 0.465 e. The number of hydrogen-bond acceptors (Lipinski definition) is 10. The number of nitrogens with one attached hydrogen (secondary N) is 2. The Labute approximate surface area is 234 Å². The van der Waals surface area contributed by atoms with Gasteiger partial charge in [-0.05, 0) is 38.8 Å². The maximum absolute atomic E-state index is 16.4. The van der Waals surface area contributed by atoms with Gasteiger partial charge in [0, 0.05) is 18.7 Å². The van der Waals surface area contributed by atoms with Crippen LogP contribution in [0.4, 0.5) is 4.39 Å². The molecule has 15 heteroatoms. The average Bonchev–Trinajstić information content (AvgIpc) is 3.16. The normalized spacial score (nSPS) is 32.3. The van der Waals surface area contributed by atoms with E-state index in [1.54, 1.807) is 18.2 Å². The van der Waals surface area contributed by atoms with Gasteiger partial charge in [-0.15, -0.1) is 0 Å². The highest BCUT2D eigenvalue weighted by molar-refractivity contribution is 7.52. The number of alkyl halides is 1. The molecule has 2 aliphatic heterocycles. The Balaban J connectivity index is 1.66. The number of aromatic nitrogens is 2. The lowest BCUT2D eigenvalue weighted by atomic mass is 9.98. The van der Waals surface area contributed by atoms with Crippen molar-refractivity contribution in [1.82, 2.24) is 14.6 Å². The van der Waals surface area contributed by atoms with Gasteiger partial charge in [-0.3, -0.25) is 28.5 Å². The van der Waals surface area contributed by atoms with Crippen LogP contribution in [0.2, 0.25) is 0 Å². The fourth-order valence-corrected chi connectivity index (χ4v) is 6.04. The number of nitrogens with zero attached hydrogens (tertiary/aromatic N) is 1. The summed E-state index contributed by atoms with van der Waals surface area (Å²) in [5, 5.41) is 2.54. The van der Waals surface area contributed by atoms with E-state index < -0.39 is 67.7 Å². The SMILES string of the molecule is C[C@@H]1NP(=O)(Oc2ccccc2)OC[C@H]2O[C@@H](n3ccc(=O)[nH]c3=O)[C@](C)(F)[C@@H]2OC(=O)CCCCCCOC1=O. The summed E-state index contributed by atoms with van der Waals surface area (Å²) in [4.78, 5) is 51.3. The van der Waals surface area contributed by atoms with Gasteiger partial charge in [-0.1, -0.05) is 31.0 Å². The molecule has 0 radical (unpaired) electrons. The molecule has 3 heterocycles. The highest BCUT2D eigenvalue weighted by Gasteiger charge is 2.58. The lowest BCUT2D eigenvalue weighted by Crippen LogP contribution is -2.46. The lowest BCUT2D eigenvalue weighted by molar-refractivity contribution is -0.158. The van der Waals surface area contributed by atoms with Crippen LogP contribution in [-0.2, 0) is 32.9 Å². The van der Waals surface area contributed by atoms with Gasteiger partial charge in [0.05, 0.1) is 13.2 Å². The third-order valence-corrected chi connectivity index (χ3v) is 8.29. The van der Waals surface area contributed by atoms with Gasteiger partial charge in [0.25, 0.3) is 5.56 Å². The minimum Gasteiger partial charge on any atom is -0.465 e. The number of H-pyrrole nitrogens is 1. The van der Waals surface area contributed by atoms with Gasteiger partial charge < -0.3 is 18.7 Å². The number of hydrogen-bond donors (Lipinski definition) is 2. The quantitative estimate of drug-likeness (QED) is 0.395. The van der Waals surface area contributed by atoms with Gasteiger partial charge in [0.2, 0.25) is 0 Å². The maximum Gasteiger partial charge on any atom is 0.459 e. The number of rotatable bonds is 3. The number of cyclic esters (lactones) is 1. The highest BCUT2D eigenvalue weighted by Crippen LogP contribution is 2.48. The zero-order valence-electron chi connectivity index (χ0n) is 22.7. The minimum absolute atomic E-state index is 0.0165. The summed E-state index contributed by atoms with van der Waals surface area (Å²) in [6, 6.07) is 7.92. The second-order valence-corrected chi connectivity index (χ2v) is 11.7. The molecular formula is C26H33FN3O10P. The Morgan fingerprint density at radius 3 is 2.54 bits per heavy atom. The molecule has 13 nitrogen and oxygen atoms in total. The van der Waals surface area contributed by atoms with Crippen molar-refractivity contribution in [3.63, 3.8) is 0 Å². The summed E-state index contributed by atoms with van der Waals surface area (Å²) in [5.74, 6) is -1.23. The van der Waals surface area contributed by atoms with E-state index in [0.717, 1.165) is 23.8 Å². The smallest absolute Gasteiger partial charge is 0.459 e. The molecule has 0 amide bonds. The number of aromatic amines is 1. The van der Waals surface area contributed by atoms with E-state index in [9.17, 15) is 23.7 Å². The molecule has 2 aromatic rings. The van der Waals surface area contributed by atoms with Crippen LogP contribution in [0, 0.1) is 0 Å². The van der Waals surface area contributed by atoms with Crippen molar-refractivity contribution >= 4 is 19.7 Å². The Bertz CT molecular complexity index is 1380. The number of carbonyl (C=O) groups is 2. The van der Waals surface area contributed by atoms with Crippen molar-refractivity contribution in [3.05, 3.63) is 63.4 Å². The molecule has 2 aliphatic rings. The van der Waals surface area contributed by atoms with Crippen LogP contribution < -0.4 is 20.9 Å². The van der Waals surface area contributed by atoms with E-state index in [4.69, 9.17) is 23.3 Å². The van der Waals surface area contributed by atoms with Crippen molar-refractivity contribution in [1.29, 1.82) is 0 Å². The Kier molecular flexibility index (Phi) is 9.80. The molecule has 0 saturated carbocycles. The van der Waals surface area contributed by atoms with Gasteiger partial charge in [-0.2, -0.15) is 5.09 Å². The zero-order chi connectivity index (χ0) is 29.6. The van der Waals surface area contributed by atoms with Gasteiger partial charge in [0.15, 0.2) is 18.0 Å². The summed E-state index contributed by atoms with van der Waals surface area (Å²) in [6.45, 7) is 2.01. The first kappa shape index (κ1) is 30.6. The van der Waals surface area contributed by atoms with Gasteiger partial charge in [0.1, 0.15) is 17.9 Å². The van der Waals surface area contributed by atoms with E-state index in [0.29, 0.717) is 25.7 Å². The van der Waals surface area contributed by atoms with E-state index in [1.807, 2.05) is 4.98 Å². The Morgan fingerprint density at radius 1 is 1.07 bits per heavy atom. The van der Waals surface area contributed by atoms with E-state index in [2.05, 4.69) is 5.09 Å². The van der Waals surface area contributed by atoms with Crippen LogP contribution in [-0.4, -0.2) is 58.6 Å². The van der Waals surface area contributed by atoms with Gasteiger partial charge in [-0.25, -0.2) is 13.8 Å². The van der Waals surface area contributed by atoms with Crippen LogP contribution in [0.25, 0.3) is 0 Å². The number of carbonyl (C=O) groups excluding carboxylic acids is 2. The monoisotopic (exact) mass is 597 g/mol. The average molecular weight is 598 g/mol. The maximum atomic E-state index is 16.4. The molecule has 1 unspecified atom stereocenters. The molecule has 41 heavy (non-hydrogen) atoms. The first-order valence-corrected chi connectivity index (χ1v) is 14.8. The molecule has 2 fully saturated rings. The number of fused-ring (bicyclic) bond motifs is 1. The fraction of sp³-hybridized carbons (Fsp3) is 0.538. The van der Waals surface area contributed by atoms with Crippen molar-refractivity contribution in [3.8, 4) is 5.75 Å². The number of para-hydroxylation sites is 1. The Morgan fingerprint density at radius 2 is 1.80 bits per heavy atom. The highest BCUT2D eigenvalue weighted by atomic mass is 31.2. The summed E-state index contributed by atoms with van der Waals surface area (Å²) in [7, 11) is -4.36. The molecule has 0 aliphatic carbocycles. The van der Waals surface area contributed by atoms with Crippen molar-refractivity contribution < 1.29 is 41.8 Å². The molecule has 4 rings (SSSR count). The molecule has 6 atom stereocenters. The minimum atomic E-state index is -4.36. The van der Waals surface area contributed by atoms with E-state index in [1.165, 1.54) is 19.1 Å². The molecule has 1 aromatic carbocycles. The van der Waals surface area contributed by atoms with Crippen LogP contribution in [0.1, 0.15) is 52.2 Å². The molecule has 0 spiro atoms. The first-order chi connectivity index (χ1) is 19.5. The number of halogens is 1. The van der Waals surface area contributed by atoms with Crippen molar-refractivity contribution in [2.24, 2.45) is 0 Å². The number of esters is 2. The lowest BCUT2D eigenvalue weighted by Gasteiger charge is -2.28. The standard InChI is InChI=1S/C26H33FN3O10P/c1-17-23(33)36-15-9-4-3-8-12-21(32)39-22-19(16-37-41(35,29-17)40-18-10-6-5-7-11-18)38-24(26(22,2)27)30-14-13-20(31)28-25(30)34/h5-7,10-11,13-14,17,19,22,24H,3-4,8-9,12,15-16H2,1-2H3,(H,29,35)(H,28,31,34)/t17-,19+,22+,24+,26+,41?/m0/s1. The number of benzene rings is 1. The molecule has 2 saturated heterocycles. The molecule has 224 valence electrons. The molecular weight excluding hydrogens is 564 g/mol. The van der Waals surface area contributed by atoms with Crippen molar-refractivity contribution in [2.45, 2.75) is 76.1 Å². The number of ether oxygens (including phenoxy) is 3. The predicted molar refractivity (Wildman–Crippen MR) is 142 cm³/mol. The Hall–Kier alpha value is -3.32. The van der Waals surface area contributed by atoms with E-state index in [-0.39, 0.29) is 18.8 Å². The summed E-state index contributed by atoms with van der Waals surface area (Å²) in [6.07, 6.45) is -1.28. The topological polar surface area (TPSA) is 164 Å². The molecule has 0 bridgehead atoms. The third kappa shape index (κ3) is 7.70. The third-order valence-electron chi connectivity index (χ3n) is 6.65. The first-order valence-electron chi connectivity index (χ1n) is 13.3. The molecule has 1 aromatic heterocycles. The van der Waals surface area contributed by atoms with Gasteiger partial charge >= 0.3 is 25.4 Å². The summed E-state index contributed by atoms with van der Waals surface area (Å²) < 4.78 is 58.9. The molecule has 2 N–H and O–H groups in total. The van der Waals surface area contributed by atoms with Crippen LogP contribution in [0.5, 0.6) is 5.75 Å². The summed E-state index contributed by atoms with van der Waals surface area (Å²) in [5.41, 5.74) is -4.12. The van der Waals surface area contributed by atoms with Crippen molar-refractivity contribution in [2.75, 3.05) is 13.2 Å². The second kappa shape index (κ2) is 13.1. The fourth-order valence-electron chi connectivity index (χ4n) is 4.54. The second-order valence-electron chi connectivity index (χ2n) is 9.99. The van der Waals surface area contributed by atoms with Crippen LogP contribution >= 0.6 is 7.75 Å². The van der Waals surface area contributed by atoms with E-state index >= 15 is 4.39 Å². The van der Waals surface area contributed by atoms with Crippen LogP contribution in [0.15, 0.2) is 52.2 Å².